The van der Waals surface area contributed by atoms with Gasteiger partial charge in [-0.1, -0.05) is 12.8 Å². The van der Waals surface area contributed by atoms with E-state index >= 15 is 0 Å². The number of carboxylic acid groups (broad SMARTS) is 1. The first kappa shape index (κ1) is 22.2. The maximum Gasteiger partial charge on any atom is 0.416 e. The minimum absolute atomic E-state index is 0.0294. The fraction of sp³-hybridized carbons (Fsp3) is 0.579. The summed E-state index contributed by atoms with van der Waals surface area (Å²) in [7, 11) is 0. The average Bonchev–Trinajstić information content (AvgIpc) is 3.33. The number of rotatable bonds is 5. The maximum atomic E-state index is 13.0. The molecule has 1 aromatic rings. The number of alkyl halides is 6. The van der Waals surface area contributed by atoms with Crippen LogP contribution in [0.1, 0.15) is 42.4 Å². The van der Waals surface area contributed by atoms with Gasteiger partial charge in [0.15, 0.2) is 0 Å². The van der Waals surface area contributed by atoms with E-state index < -0.39 is 47.4 Å². The molecule has 2 aliphatic rings. The third-order valence-corrected chi connectivity index (χ3v) is 5.58. The van der Waals surface area contributed by atoms with Crippen LogP contribution in [0.4, 0.5) is 31.1 Å². The van der Waals surface area contributed by atoms with Crippen LogP contribution < -0.4 is 5.32 Å². The molecule has 1 unspecified atom stereocenters. The number of hydrogen-bond donors (Lipinski definition) is 2. The van der Waals surface area contributed by atoms with Crippen LogP contribution in [-0.2, 0) is 23.7 Å². The highest BCUT2D eigenvalue weighted by molar-refractivity contribution is 5.84. The zero-order valence-corrected chi connectivity index (χ0v) is 15.7. The van der Waals surface area contributed by atoms with Crippen molar-refractivity contribution >= 4 is 12.0 Å². The van der Waals surface area contributed by atoms with Gasteiger partial charge in [0.25, 0.3) is 0 Å². The van der Waals surface area contributed by atoms with Gasteiger partial charge in [-0.15, -0.1) is 0 Å². The standard InChI is InChI=1S/C19H20F6N2O3/c20-18(21,22)13-5-12(6-14(7-13)19(23,24)25)9-26-15(28)17(8-11-1-2-11)3-4-27(10-17)16(29)30/h5-7,11H,1-4,8-10H2,(H,26,28)(H,29,30). The van der Waals surface area contributed by atoms with Gasteiger partial charge in [0, 0.05) is 19.6 Å². The molecule has 1 aromatic carbocycles. The van der Waals surface area contributed by atoms with Crippen molar-refractivity contribution in [2.75, 3.05) is 13.1 Å². The number of nitrogens with one attached hydrogen (secondary N) is 1. The number of hydrogen-bond acceptors (Lipinski definition) is 2. The van der Waals surface area contributed by atoms with Crippen molar-refractivity contribution in [2.45, 2.75) is 44.6 Å². The molecule has 166 valence electrons. The van der Waals surface area contributed by atoms with Crippen molar-refractivity contribution in [2.24, 2.45) is 11.3 Å². The van der Waals surface area contributed by atoms with Crippen LogP contribution in [0, 0.1) is 11.3 Å². The summed E-state index contributed by atoms with van der Waals surface area (Å²) >= 11 is 0. The Labute approximate surface area is 168 Å². The zero-order valence-electron chi connectivity index (χ0n) is 15.7. The van der Waals surface area contributed by atoms with E-state index in [-0.39, 0.29) is 37.1 Å². The van der Waals surface area contributed by atoms with Crippen LogP contribution in [-0.4, -0.2) is 35.1 Å². The van der Waals surface area contributed by atoms with Gasteiger partial charge in [0.2, 0.25) is 5.91 Å². The van der Waals surface area contributed by atoms with Crippen LogP contribution in [0.2, 0.25) is 0 Å². The Morgan fingerprint density at radius 1 is 1.07 bits per heavy atom. The summed E-state index contributed by atoms with van der Waals surface area (Å²) in [6.45, 7) is -0.413. The smallest absolute Gasteiger partial charge is 0.416 e. The van der Waals surface area contributed by atoms with E-state index in [1.807, 2.05) is 0 Å². The first-order chi connectivity index (χ1) is 13.8. The van der Waals surface area contributed by atoms with Crippen molar-refractivity contribution in [1.82, 2.24) is 10.2 Å². The fourth-order valence-corrected chi connectivity index (χ4v) is 3.85. The first-order valence-corrected chi connectivity index (χ1v) is 9.35. The van der Waals surface area contributed by atoms with Crippen LogP contribution in [0.15, 0.2) is 18.2 Å². The highest BCUT2D eigenvalue weighted by Gasteiger charge is 2.48. The van der Waals surface area contributed by atoms with Gasteiger partial charge in [-0.2, -0.15) is 26.3 Å². The fourth-order valence-electron chi connectivity index (χ4n) is 3.85. The van der Waals surface area contributed by atoms with Crippen molar-refractivity contribution < 1.29 is 41.0 Å². The molecule has 30 heavy (non-hydrogen) atoms. The van der Waals surface area contributed by atoms with Crippen molar-refractivity contribution in [3.63, 3.8) is 0 Å². The minimum Gasteiger partial charge on any atom is -0.465 e. The van der Waals surface area contributed by atoms with Crippen LogP contribution in [0.3, 0.4) is 0 Å². The topological polar surface area (TPSA) is 69.6 Å². The maximum absolute atomic E-state index is 13.0. The molecule has 1 heterocycles. The summed E-state index contributed by atoms with van der Waals surface area (Å²) in [6.07, 6.45) is -8.60. The summed E-state index contributed by atoms with van der Waals surface area (Å²) in [5.74, 6) is -0.279. The third-order valence-electron chi connectivity index (χ3n) is 5.58. The van der Waals surface area contributed by atoms with Gasteiger partial charge >= 0.3 is 18.4 Å². The summed E-state index contributed by atoms with van der Waals surface area (Å²) < 4.78 is 78.0. The molecule has 0 aromatic heterocycles. The monoisotopic (exact) mass is 438 g/mol. The second-order valence-corrected chi connectivity index (χ2v) is 7.98. The minimum atomic E-state index is -4.97. The summed E-state index contributed by atoms with van der Waals surface area (Å²) in [6, 6.07) is 1.17. The summed E-state index contributed by atoms with van der Waals surface area (Å²) in [5, 5.41) is 11.6. The van der Waals surface area contributed by atoms with Crippen molar-refractivity contribution in [3.8, 4) is 0 Å². The molecule has 0 bridgehead atoms. The molecule has 1 aliphatic heterocycles. The molecular formula is C19H20F6N2O3. The van der Waals surface area contributed by atoms with E-state index in [1.54, 1.807) is 0 Å². The molecule has 2 fully saturated rings. The Hall–Kier alpha value is -2.46. The lowest BCUT2D eigenvalue weighted by molar-refractivity contribution is -0.143. The Morgan fingerprint density at radius 3 is 2.07 bits per heavy atom. The van der Waals surface area contributed by atoms with Gasteiger partial charge in [-0.3, -0.25) is 4.79 Å². The Kier molecular flexibility index (Phi) is 5.68. The van der Waals surface area contributed by atoms with E-state index in [0.29, 0.717) is 18.6 Å². The lowest BCUT2D eigenvalue weighted by Gasteiger charge is -2.28. The molecule has 1 atom stereocenters. The molecular weight excluding hydrogens is 418 g/mol. The highest BCUT2D eigenvalue weighted by atomic mass is 19.4. The molecule has 2 N–H and O–H groups in total. The van der Waals surface area contributed by atoms with E-state index in [1.165, 1.54) is 0 Å². The molecule has 0 spiro atoms. The molecule has 1 aliphatic carbocycles. The molecule has 1 saturated heterocycles. The third kappa shape index (κ3) is 4.99. The highest BCUT2D eigenvalue weighted by Crippen LogP contribution is 2.45. The largest absolute Gasteiger partial charge is 0.465 e. The van der Waals surface area contributed by atoms with Crippen molar-refractivity contribution in [1.29, 1.82) is 0 Å². The van der Waals surface area contributed by atoms with Gasteiger partial charge in [0.05, 0.1) is 16.5 Å². The predicted molar refractivity (Wildman–Crippen MR) is 92.3 cm³/mol. The van der Waals surface area contributed by atoms with Gasteiger partial charge in [-0.25, -0.2) is 4.79 Å². The molecule has 0 radical (unpaired) electrons. The number of likely N-dealkylation sites (tertiary alicyclic amines) is 1. The normalized spacial score (nSPS) is 22.3. The van der Waals surface area contributed by atoms with Crippen LogP contribution >= 0.6 is 0 Å². The van der Waals surface area contributed by atoms with Crippen LogP contribution in [0.5, 0.6) is 0 Å². The van der Waals surface area contributed by atoms with Gasteiger partial charge in [-0.05, 0) is 42.5 Å². The number of benzene rings is 1. The van der Waals surface area contributed by atoms with E-state index in [2.05, 4.69) is 5.32 Å². The lowest BCUT2D eigenvalue weighted by atomic mass is 9.80. The second kappa shape index (κ2) is 7.66. The van der Waals surface area contributed by atoms with E-state index in [9.17, 15) is 41.0 Å². The average molecular weight is 438 g/mol. The molecule has 5 nitrogen and oxygen atoms in total. The number of carbonyl (C=O) groups excluding carboxylic acids is 1. The summed E-state index contributed by atoms with van der Waals surface area (Å²) in [5.41, 5.74) is -4.26. The molecule has 11 heteroatoms. The molecule has 1 saturated carbocycles. The zero-order chi connectivity index (χ0) is 22.3. The van der Waals surface area contributed by atoms with Crippen molar-refractivity contribution in [3.05, 3.63) is 34.9 Å². The van der Waals surface area contributed by atoms with E-state index in [4.69, 9.17) is 0 Å². The SMILES string of the molecule is O=C(O)N1CCC(CC2CC2)(C(=O)NCc2cc(C(F)(F)F)cc(C(F)(F)F)c2)C1. The van der Waals surface area contributed by atoms with Gasteiger partial charge in [0.1, 0.15) is 0 Å². The second-order valence-electron chi connectivity index (χ2n) is 7.98. The Balaban J connectivity index is 1.79. The first-order valence-electron chi connectivity index (χ1n) is 9.35. The van der Waals surface area contributed by atoms with Gasteiger partial charge < -0.3 is 15.3 Å². The number of amides is 2. The number of carbonyl (C=O) groups is 2. The van der Waals surface area contributed by atoms with Crippen LogP contribution in [0.25, 0.3) is 0 Å². The Morgan fingerprint density at radius 2 is 1.63 bits per heavy atom. The quantitative estimate of drug-likeness (QED) is 0.665. The predicted octanol–water partition coefficient (Wildman–Crippen LogP) is 4.51. The van der Waals surface area contributed by atoms with E-state index in [0.717, 1.165) is 17.7 Å². The molecule has 2 amide bonds. The number of halogens is 6. The Bertz CT molecular complexity index is 802. The summed E-state index contributed by atoms with van der Waals surface area (Å²) in [4.78, 5) is 25.2. The molecule has 3 rings (SSSR count). The number of nitrogens with zero attached hydrogens (tertiary/aromatic N) is 1. The lowest BCUT2D eigenvalue weighted by Crippen LogP contribution is -2.43.